The molecule has 0 aliphatic heterocycles. The zero-order chi connectivity index (χ0) is 7.28. The van der Waals surface area contributed by atoms with Crippen molar-refractivity contribution in [3.8, 4) is 0 Å². The molecule has 0 spiro atoms. The molecule has 9 heavy (non-hydrogen) atoms. The van der Waals surface area contributed by atoms with Gasteiger partial charge in [-0.3, -0.25) is 5.01 Å². The Labute approximate surface area is 55.5 Å². The average molecular weight is 130 g/mol. The number of nitrogens with zero attached hydrogens (tertiary/aromatic N) is 2. The maximum atomic E-state index is 5.46. The van der Waals surface area contributed by atoms with Gasteiger partial charge in [0.05, 0.1) is 0 Å². The fourth-order valence-electron chi connectivity index (χ4n) is 0.551. The Morgan fingerprint density at radius 1 is 1.56 bits per heavy atom. The lowest BCUT2D eigenvalue weighted by Gasteiger charge is -2.15. The second kappa shape index (κ2) is 4.14. The number of rotatable bonds is 2. The van der Waals surface area contributed by atoms with Crippen LogP contribution in [-0.4, -0.2) is 17.4 Å². The van der Waals surface area contributed by atoms with Gasteiger partial charge >= 0.3 is 0 Å². The molecule has 0 saturated carbocycles. The van der Waals surface area contributed by atoms with Gasteiger partial charge in [0.25, 0.3) is 0 Å². The third-order valence-electron chi connectivity index (χ3n) is 1.14. The number of amidine groups is 1. The molecule has 4 nitrogen and oxygen atoms in total. The van der Waals surface area contributed by atoms with Gasteiger partial charge in [-0.05, 0) is 6.92 Å². The van der Waals surface area contributed by atoms with Gasteiger partial charge in [-0.2, -0.15) is 5.10 Å². The first kappa shape index (κ1) is 8.23. The summed E-state index contributed by atoms with van der Waals surface area (Å²) in [4.78, 5) is 0. The van der Waals surface area contributed by atoms with Crippen molar-refractivity contribution in [3.63, 3.8) is 0 Å². The first-order valence-corrected chi connectivity index (χ1v) is 3.05. The van der Waals surface area contributed by atoms with Crippen LogP contribution < -0.4 is 11.7 Å². The van der Waals surface area contributed by atoms with E-state index < -0.39 is 0 Å². The summed E-state index contributed by atoms with van der Waals surface area (Å²) >= 11 is 0. The minimum absolute atomic E-state index is 0.734. The van der Waals surface area contributed by atoms with Crippen LogP contribution in [-0.2, 0) is 0 Å². The number of nitrogens with two attached hydrogens (primary N) is 2. The fraction of sp³-hybridized carbons (Fsp3) is 0.800. The van der Waals surface area contributed by atoms with Gasteiger partial charge in [0, 0.05) is 13.0 Å². The van der Waals surface area contributed by atoms with Crippen molar-refractivity contribution in [1.29, 1.82) is 0 Å². The van der Waals surface area contributed by atoms with E-state index >= 15 is 0 Å². The third-order valence-corrected chi connectivity index (χ3v) is 1.14. The van der Waals surface area contributed by atoms with E-state index in [2.05, 4.69) is 5.10 Å². The molecule has 0 aromatic rings. The van der Waals surface area contributed by atoms with Crippen LogP contribution in [0.15, 0.2) is 5.10 Å². The Hall–Kier alpha value is -0.770. The van der Waals surface area contributed by atoms with Crippen LogP contribution in [0.1, 0.15) is 20.3 Å². The second-order valence-electron chi connectivity index (χ2n) is 1.68. The number of hydrogen-bond donors (Lipinski definition) is 2. The summed E-state index contributed by atoms with van der Waals surface area (Å²) < 4.78 is 0. The molecule has 0 rings (SSSR count). The summed E-state index contributed by atoms with van der Waals surface area (Å²) in [7, 11) is 0. The van der Waals surface area contributed by atoms with E-state index in [1.807, 2.05) is 13.8 Å². The monoisotopic (exact) mass is 130 g/mol. The highest BCUT2D eigenvalue weighted by molar-refractivity contribution is 5.81. The van der Waals surface area contributed by atoms with Crippen LogP contribution in [0.3, 0.4) is 0 Å². The van der Waals surface area contributed by atoms with Crippen molar-refractivity contribution in [2.45, 2.75) is 20.3 Å². The summed E-state index contributed by atoms with van der Waals surface area (Å²) in [5.41, 5.74) is 0. The number of hydrogen-bond acceptors (Lipinski definition) is 3. The molecule has 0 amide bonds. The fourth-order valence-corrected chi connectivity index (χ4v) is 0.551. The quantitative estimate of drug-likeness (QED) is 0.237. The zero-order valence-corrected chi connectivity index (χ0v) is 5.96. The molecule has 0 aliphatic rings. The van der Waals surface area contributed by atoms with Gasteiger partial charge in [-0.15, -0.1) is 0 Å². The summed E-state index contributed by atoms with van der Waals surface area (Å²) in [6, 6.07) is 0. The summed E-state index contributed by atoms with van der Waals surface area (Å²) in [6.07, 6.45) is 0.779. The van der Waals surface area contributed by atoms with E-state index in [0.29, 0.717) is 0 Å². The highest BCUT2D eigenvalue weighted by Gasteiger charge is 1.98. The molecule has 0 radical (unpaired) electrons. The SMILES string of the molecule is CC/C(=N/N)N(N)CC. The van der Waals surface area contributed by atoms with Crippen molar-refractivity contribution in [3.05, 3.63) is 0 Å². The highest BCUT2D eigenvalue weighted by atomic mass is 15.4. The van der Waals surface area contributed by atoms with Crippen LogP contribution >= 0.6 is 0 Å². The van der Waals surface area contributed by atoms with E-state index in [1.54, 1.807) is 0 Å². The van der Waals surface area contributed by atoms with Crippen LogP contribution in [0.4, 0.5) is 0 Å². The van der Waals surface area contributed by atoms with Crippen molar-refractivity contribution in [2.24, 2.45) is 16.8 Å². The summed E-state index contributed by atoms with van der Waals surface area (Å²) in [5, 5.41) is 5.02. The van der Waals surface area contributed by atoms with Gasteiger partial charge in [0.2, 0.25) is 0 Å². The van der Waals surface area contributed by atoms with Crippen molar-refractivity contribution >= 4 is 5.84 Å². The topological polar surface area (TPSA) is 67.6 Å². The van der Waals surface area contributed by atoms with Gasteiger partial charge < -0.3 is 5.84 Å². The van der Waals surface area contributed by atoms with Gasteiger partial charge in [0.1, 0.15) is 5.84 Å². The minimum atomic E-state index is 0.734. The van der Waals surface area contributed by atoms with Crippen molar-refractivity contribution < 1.29 is 0 Å². The van der Waals surface area contributed by atoms with E-state index in [0.717, 1.165) is 18.8 Å². The number of hydrazine groups is 1. The smallest absolute Gasteiger partial charge is 0.138 e. The Bertz CT molecular complexity index is 99.1. The molecule has 4 N–H and O–H groups in total. The molecule has 0 heterocycles. The number of hydrazone groups is 1. The lowest BCUT2D eigenvalue weighted by molar-refractivity contribution is 0.454. The molecule has 0 atom stereocenters. The molecule has 0 aromatic carbocycles. The van der Waals surface area contributed by atoms with E-state index in [1.165, 1.54) is 5.01 Å². The molecule has 0 unspecified atom stereocenters. The molecule has 0 bridgehead atoms. The van der Waals surface area contributed by atoms with Gasteiger partial charge in [-0.1, -0.05) is 6.92 Å². The maximum Gasteiger partial charge on any atom is 0.138 e. The second-order valence-corrected chi connectivity index (χ2v) is 1.68. The molecule has 0 aromatic heterocycles. The van der Waals surface area contributed by atoms with E-state index in [9.17, 15) is 0 Å². The largest absolute Gasteiger partial charge is 0.322 e. The summed E-state index contributed by atoms with van der Waals surface area (Å²) in [5.74, 6) is 11.2. The minimum Gasteiger partial charge on any atom is -0.322 e. The first-order chi connectivity index (χ1) is 4.26. The van der Waals surface area contributed by atoms with Gasteiger partial charge in [-0.25, -0.2) is 5.84 Å². The Kier molecular flexibility index (Phi) is 3.79. The highest BCUT2D eigenvalue weighted by Crippen LogP contribution is 1.86. The molecule has 0 saturated heterocycles. The first-order valence-electron chi connectivity index (χ1n) is 3.05. The summed E-state index contributed by atoms with van der Waals surface area (Å²) in [6.45, 7) is 4.64. The van der Waals surface area contributed by atoms with E-state index in [4.69, 9.17) is 11.7 Å². The molecular weight excluding hydrogens is 116 g/mol. The normalized spacial score (nSPS) is 11.7. The molecule has 0 aliphatic carbocycles. The Morgan fingerprint density at radius 2 is 2.11 bits per heavy atom. The molecular formula is C5H14N4. The van der Waals surface area contributed by atoms with Crippen molar-refractivity contribution in [1.82, 2.24) is 5.01 Å². The maximum absolute atomic E-state index is 5.46. The Morgan fingerprint density at radius 3 is 2.22 bits per heavy atom. The Balaban J connectivity index is 3.80. The van der Waals surface area contributed by atoms with Crippen LogP contribution in [0.25, 0.3) is 0 Å². The zero-order valence-electron chi connectivity index (χ0n) is 5.96. The molecule has 0 fully saturated rings. The van der Waals surface area contributed by atoms with Crippen LogP contribution in [0.2, 0.25) is 0 Å². The van der Waals surface area contributed by atoms with Crippen molar-refractivity contribution in [2.75, 3.05) is 6.54 Å². The van der Waals surface area contributed by atoms with Gasteiger partial charge in [0.15, 0.2) is 0 Å². The van der Waals surface area contributed by atoms with Crippen LogP contribution in [0, 0.1) is 0 Å². The molecule has 4 heteroatoms. The average Bonchev–Trinajstić information content (AvgIpc) is 1.90. The lowest BCUT2D eigenvalue weighted by atomic mass is 10.4. The predicted octanol–water partition coefficient (Wildman–Crippen LogP) is -0.136. The van der Waals surface area contributed by atoms with E-state index in [-0.39, 0.29) is 0 Å². The molecule has 54 valence electrons. The van der Waals surface area contributed by atoms with Crippen LogP contribution in [0.5, 0.6) is 0 Å². The predicted molar refractivity (Wildman–Crippen MR) is 38.5 cm³/mol. The lowest BCUT2D eigenvalue weighted by Crippen LogP contribution is -2.37. The third kappa shape index (κ3) is 2.32. The standard InChI is InChI=1S/C5H14N4/c1-3-5(8-6)9(7)4-2/h3-4,6-7H2,1-2H3/b8-5-.